The Hall–Kier alpha value is -3.61. The zero-order valence-corrected chi connectivity index (χ0v) is 23.2. The molecule has 1 aromatic heterocycles. The van der Waals surface area contributed by atoms with E-state index in [0.717, 1.165) is 52.7 Å². The standard InChI is InChI=1S/C32H41N3O3/c1-6-8-30(34-20-27(37)21-36)25(7-2)18-24(5)31-19-29(15-16-33-31)38-28-13-11-26(12-14-28)35-32-17-22(3)9-10-23(32)4/h8-19,25,27,34-37H,6-7,20-21H2,1-5H3/b24-18+,30-8+. The molecule has 0 radical (unpaired) electrons. The lowest BCUT2D eigenvalue weighted by Crippen LogP contribution is -2.31. The molecule has 0 spiro atoms. The Bertz CT molecular complexity index is 1230. The van der Waals surface area contributed by atoms with Gasteiger partial charge in [0.1, 0.15) is 11.5 Å². The summed E-state index contributed by atoms with van der Waals surface area (Å²) >= 11 is 0. The molecule has 2 atom stereocenters. The largest absolute Gasteiger partial charge is 0.457 e. The van der Waals surface area contributed by atoms with Gasteiger partial charge in [-0.25, -0.2) is 0 Å². The van der Waals surface area contributed by atoms with E-state index < -0.39 is 6.10 Å². The predicted molar refractivity (Wildman–Crippen MR) is 157 cm³/mol. The molecule has 0 aliphatic rings. The summed E-state index contributed by atoms with van der Waals surface area (Å²) in [5, 5.41) is 25.7. The first-order chi connectivity index (χ1) is 18.3. The highest BCUT2D eigenvalue weighted by molar-refractivity contribution is 5.65. The van der Waals surface area contributed by atoms with Crippen molar-refractivity contribution in [1.82, 2.24) is 10.3 Å². The molecule has 202 valence electrons. The SMILES string of the molecule is CC/C=C(/NCC(O)CO)C(/C=C(\C)c1cc(Oc2ccc(Nc3cc(C)ccc3C)cc2)ccn1)CC. The van der Waals surface area contributed by atoms with E-state index >= 15 is 0 Å². The maximum Gasteiger partial charge on any atom is 0.131 e. The zero-order chi connectivity index (χ0) is 27.5. The van der Waals surface area contributed by atoms with E-state index in [1.807, 2.05) is 36.4 Å². The van der Waals surface area contributed by atoms with Crippen LogP contribution in [-0.4, -0.2) is 34.5 Å². The van der Waals surface area contributed by atoms with Gasteiger partial charge in [-0.1, -0.05) is 38.1 Å². The summed E-state index contributed by atoms with van der Waals surface area (Å²) in [6, 6.07) is 18.1. The first-order valence-corrected chi connectivity index (χ1v) is 13.3. The number of aliphatic hydroxyl groups excluding tert-OH is 2. The van der Waals surface area contributed by atoms with Gasteiger partial charge >= 0.3 is 0 Å². The van der Waals surface area contributed by atoms with Crippen LogP contribution < -0.4 is 15.4 Å². The minimum atomic E-state index is -0.787. The van der Waals surface area contributed by atoms with Crippen molar-refractivity contribution in [2.45, 2.75) is 53.6 Å². The first-order valence-electron chi connectivity index (χ1n) is 13.3. The fraction of sp³-hybridized carbons (Fsp3) is 0.344. The Labute approximate surface area is 227 Å². The molecule has 3 aromatic rings. The predicted octanol–water partition coefficient (Wildman–Crippen LogP) is 6.90. The van der Waals surface area contributed by atoms with Crippen LogP contribution in [0.25, 0.3) is 5.57 Å². The van der Waals surface area contributed by atoms with Crippen molar-refractivity contribution in [1.29, 1.82) is 0 Å². The summed E-state index contributed by atoms with van der Waals surface area (Å²) in [6.07, 6.45) is 7.07. The van der Waals surface area contributed by atoms with E-state index in [0.29, 0.717) is 6.54 Å². The topological polar surface area (TPSA) is 86.6 Å². The van der Waals surface area contributed by atoms with Gasteiger partial charge in [0.2, 0.25) is 0 Å². The quantitative estimate of drug-likeness (QED) is 0.198. The van der Waals surface area contributed by atoms with Gasteiger partial charge in [0.15, 0.2) is 0 Å². The molecule has 2 unspecified atom stereocenters. The van der Waals surface area contributed by atoms with Gasteiger partial charge in [-0.2, -0.15) is 0 Å². The van der Waals surface area contributed by atoms with Crippen molar-refractivity contribution in [2.75, 3.05) is 18.5 Å². The average molecular weight is 516 g/mol. The number of aliphatic hydroxyl groups is 2. The molecular weight excluding hydrogens is 474 g/mol. The van der Waals surface area contributed by atoms with E-state index in [2.05, 4.69) is 80.6 Å². The van der Waals surface area contributed by atoms with Crippen LogP contribution in [0.15, 0.2) is 78.6 Å². The minimum absolute atomic E-state index is 0.143. The highest BCUT2D eigenvalue weighted by Crippen LogP contribution is 2.28. The second-order valence-electron chi connectivity index (χ2n) is 9.60. The molecule has 0 fully saturated rings. The summed E-state index contributed by atoms with van der Waals surface area (Å²) < 4.78 is 6.14. The van der Waals surface area contributed by atoms with Gasteiger partial charge in [-0.15, -0.1) is 0 Å². The Morgan fingerprint density at radius 3 is 2.47 bits per heavy atom. The Morgan fingerprint density at radius 1 is 1.03 bits per heavy atom. The van der Waals surface area contributed by atoms with Gasteiger partial charge in [0.25, 0.3) is 0 Å². The lowest BCUT2D eigenvalue weighted by atomic mass is 9.97. The summed E-state index contributed by atoms with van der Waals surface area (Å²) in [6.45, 7) is 10.5. The molecule has 3 rings (SSSR count). The molecular formula is C32H41N3O3. The number of rotatable bonds is 13. The average Bonchev–Trinajstić information content (AvgIpc) is 2.92. The van der Waals surface area contributed by atoms with Crippen LogP contribution >= 0.6 is 0 Å². The van der Waals surface area contributed by atoms with Gasteiger partial charge < -0.3 is 25.6 Å². The maximum atomic E-state index is 9.76. The maximum absolute atomic E-state index is 9.76. The fourth-order valence-corrected chi connectivity index (χ4v) is 4.15. The van der Waals surface area contributed by atoms with Crippen LogP contribution in [0.1, 0.15) is 50.4 Å². The number of ether oxygens (including phenoxy) is 1. The molecule has 0 aliphatic carbocycles. The first kappa shape index (κ1) is 29.0. The van der Waals surface area contributed by atoms with Crippen LogP contribution in [-0.2, 0) is 0 Å². The van der Waals surface area contributed by atoms with Gasteiger partial charge in [0, 0.05) is 41.8 Å². The number of nitrogens with zero attached hydrogens (tertiary/aromatic N) is 1. The molecule has 0 amide bonds. The Kier molecular flexibility index (Phi) is 10.9. The molecule has 0 saturated heterocycles. The van der Waals surface area contributed by atoms with Crippen molar-refractivity contribution in [3.63, 3.8) is 0 Å². The summed E-state index contributed by atoms with van der Waals surface area (Å²) in [5.74, 6) is 1.62. The molecule has 0 aliphatic heterocycles. The van der Waals surface area contributed by atoms with Crippen molar-refractivity contribution in [3.05, 3.63) is 95.5 Å². The molecule has 0 saturated carbocycles. The van der Waals surface area contributed by atoms with Crippen LogP contribution in [0, 0.1) is 19.8 Å². The fourth-order valence-electron chi connectivity index (χ4n) is 4.15. The summed E-state index contributed by atoms with van der Waals surface area (Å²) in [7, 11) is 0. The smallest absolute Gasteiger partial charge is 0.131 e. The molecule has 1 heterocycles. The second-order valence-corrected chi connectivity index (χ2v) is 9.60. The minimum Gasteiger partial charge on any atom is -0.457 e. The molecule has 38 heavy (non-hydrogen) atoms. The number of hydrogen-bond donors (Lipinski definition) is 4. The van der Waals surface area contributed by atoms with Gasteiger partial charge in [0.05, 0.1) is 18.4 Å². The van der Waals surface area contributed by atoms with E-state index in [-0.39, 0.29) is 12.5 Å². The molecule has 2 aromatic carbocycles. The van der Waals surface area contributed by atoms with Crippen LogP contribution in [0.3, 0.4) is 0 Å². The monoisotopic (exact) mass is 515 g/mol. The third-order valence-corrected chi connectivity index (χ3v) is 6.36. The normalized spacial score (nSPS) is 13.7. The molecule has 6 heteroatoms. The van der Waals surface area contributed by atoms with Crippen LogP contribution in [0.2, 0.25) is 0 Å². The molecule has 6 nitrogen and oxygen atoms in total. The van der Waals surface area contributed by atoms with Crippen LogP contribution in [0.4, 0.5) is 11.4 Å². The highest BCUT2D eigenvalue weighted by Gasteiger charge is 2.13. The van der Waals surface area contributed by atoms with E-state index in [1.54, 1.807) is 6.20 Å². The van der Waals surface area contributed by atoms with E-state index in [4.69, 9.17) is 9.84 Å². The lowest BCUT2D eigenvalue weighted by molar-refractivity contribution is 0.0960. The number of aryl methyl sites for hydroxylation is 2. The zero-order valence-electron chi connectivity index (χ0n) is 23.2. The highest BCUT2D eigenvalue weighted by atomic mass is 16.5. The second kappa shape index (κ2) is 14.4. The van der Waals surface area contributed by atoms with E-state index in [1.165, 1.54) is 11.1 Å². The van der Waals surface area contributed by atoms with Crippen molar-refractivity contribution in [3.8, 4) is 11.5 Å². The number of anilines is 2. The summed E-state index contributed by atoms with van der Waals surface area (Å²) in [5.41, 5.74) is 7.45. The third-order valence-electron chi connectivity index (χ3n) is 6.36. The Balaban J connectivity index is 1.71. The number of aromatic nitrogens is 1. The van der Waals surface area contributed by atoms with Crippen LogP contribution in [0.5, 0.6) is 11.5 Å². The number of hydrogen-bond acceptors (Lipinski definition) is 6. The van der Waals surface area contributed by atoms with Crippen molar-refractivity contribution >= 4 is 16.9 Å². The van der Waals surface area contributed by atoms with Crippen molar-refractivity contribution in [2.24, 2.45) is 5.92 Å². The molecule has 4 N–H and O–H groups in total. The summed E-state index contributed by atoms with van der Waals surface area (Å²) in [4.78, 5) is 4.57. The Morgan fingerprint density at radius 2 is 1.79 bits per heavy atom. The van der Waals surface area contributed by atoms with Gasteiger partial charge in [-0.3, -0.25) is 4.98 Å². The molecule has 0 bridgehead atoms. The van der Waals surface area contributed by atoms with E-state index in [9.17, 15) is 5.11 Å². The number of benzene rings is 2. The number of pyridine rings is 1. The van der Waals surface area contributed by atoms with Crippen molar-refractivity contribution < 1.29 is 14.9 Å². The number of nitrogens with one attached hydrogen (secondary N) is 2. The number of allylic oxidation sites excluding steroid dienone is 3. The lowest BCUT2D eigenvalue weighted by Gasteiger charge is -2.20. The third kappa shape index (κ3) is 8.47. The van der Waals surface area contributed by atoms with Gasteiger partial charge in [-0.05, 0) is 86.7 Å².